The number of amides is 1. The maximum Gasteiger partial charge on any atom is 0.472 e. The lowest BCUT2D eigenvalue weighted by atomic mass is 10.0. The predicted molar refractivity (Wildman–Crippen MR) is 341 cm³/mol. The van der Waals surface area contributed by atoms with Crippen molar-refractivity contribution in [3.8, 4) is 0 Å². The van der Waals surface area contributed by atoms with E-state index in [1.54, 1.807) is 0 Å². The number of ether oxygens (including phenoxy) is 1. The highest BCUT2D eigenvalue weighted by atomic mass is 31.2. The van der Waals surface area contributed by atoms with Crippen LogP contribution in [0.4, 0.5) is 0 Å². The SMILES string of the molecule is CC/C=C\C/C=C\C/C=C\C/C=C\C/C=C\C/C=C\CCCCCCC(=O)NC(COP(=O)(O)OCC[N+](C)(C)C)C(/C=C\CCCCCCCCCCCCC)OC(=O)CCCCCCCCC/C=C/CCCCCCCC. The number of carbonyl (C=O) groups excluding carboxylic acids is 2. The number of allylic oxidation sites excluding steroid dienone is 15. The van der Waals surface area contributed by atoms with E-state index in [2.05, 4.69) is 111 Å². The molecule has 3 atom stereocenters. The Balaban J connectivity index is 5.30. The first kappa shape index (κ1) is 75.9. The summed E-state index contributed by atoms with van der Waals surface area (Å²) in [5.74, 6) is -0.539. The summed E-state index contributed by atoms with van der Waals surface area (Å²) in [5, 5.41) is 3.05. The second-order valence-corrected chi connectivity index (χ2v) is 24.4. The van der Waals surface area contributed by atoms with Crippen molar-refractivity contribution in [3.63, 3.8) is 0 Å². The molecule has 0 bridgehead atoms. The van der Waals surface area contributed by atoms with Gasteiger partial charge in [0.1, 0.15) is 19.3 Å². The molecule has 1 amide bonds. The smallest absolute Gasteiger partial charge is 0.456 e. The topological polar surface area (TPSA) is 111 Å². The molecule has 0 saturated heterocycles. The van der Waals surface area contributed by atoms with Gasteiger partial charge in [0.2, 0.25) is 5.91 Å². The van der Waals surface area contributed by atoms with E-state index in [0.717, 1.165) is 116 Å². The van der Waals surface area contributed by atoms with E-state index in [-0.39, 0.29) is 31.5 Å². The molecule has 0 fully saturated rings. The highest BCUT2D eigenvalue weighted by Gasteiger charge is 2.30. The van der Waals surface area contributed by atoms with E-state index in [4.69, 9.17) is 13.8 Å². The number of quaternary nitrogens is 1. The van der Waals surface area contributed by atoms with Gasteiger partial charge in [-0.15, -0.1) is 0 Å². The van der Waals surface area contributed by atoms with E-state index in [0.29, 0.717) is 23.9 Å². The Morgan fingerprint density at radius 1 is 0.456 bits per heavy atom. The number of likely N-dealkylation sites (N-methyl/N-ethyl adjacent to an activating group) is 1. The fraction of sp³-hybridized carbons (Fsp3) is 0.739. The molecule has 0 aliphatic heterocycles. The zero-order chi connectivity index (χ0) is 57.9. The van der Waals surface area contributed by atoms with E-state index in [1.807, 2.05) is 33.3 Å². The summed E-state index contributed by atoms with van der Waals surface area (Å²) < 4.78 is 30.7. The lowest BCUT2D eigenvalue weighted by molar-refractivity contribution is -0.870. The van der Waals surface area contributed by atoms with Crippen molar-refractivity contribution in [2.24, 2.45) is 0 Å². The van der Waals surface area contributed by atoms with E-state index < -0.39 is 20.0 Å². The van der Waals surface area contributed by atoms with Crippen LogP contribution >= 0.6 is 7.82 Å². The summed E-state index contributed by atoms with van der Waals surface area (Å²) >= 11 is 0. The van der Waals surface area contributed by atoms with E-state index in [9.17, 15) is 19.0 Å². The minimum atomic E-state index is -4.46. The first-order valence-corrected chi connectivity index (χ1v) is 34.1. The van der Waals surface area contributed by atoms with Crippen LogP contribution in [0, 0.1) is 0 Å². The number of unbranched alkanes of at least 4 members (excludes halogenated alkanes) is 28. The molecule has 0 radical (unpaired) electrons. The molecular weight excluding hydrogens is 1000 g/mol. The Bertz CT molecular complexity index is 1670. The molecule has 0 spiro atoms. The van der Waals surface area contributed by atoms with Crippen molar-refractivity contribution >= 4 is 19.7 Å². The van der Waals surface area contributed by atoms with Gasteiger partial charge >= 0.3 is 13.8 Å². The van der Waals surface area contributed by atoms with Crippen LogP contribution in [0.15, 0.2) is 97.2 Å². The van der Waals surface area contributed by atoms with Gasteiger partial charge in [-0.25, -0.2) is 4.57 Å². The van der Waals surface area contributed by atoms with Crippen LogP contribution in [-0.2, 0) is 27.9 Å². The molecule has 0 aliphatic carbocycles. The highest BCUT2D eigenvalue weighted by molar-refractivity contribution is 7.47. The molecule has 79 heavy (non-hydrogen) atoms. The maximum absolute atomic E-state index is 13.6. The maximum atomic E-state index is 13.6. The van der Waals surface area contributed by atoms with E-state index >= 15 is 0 Å². The average Bonchev–Trinajstić information content (AvgIpc) is 3.41. The van der Waals surface area contributed by atoms with Crippen molar-refractivity contribution in [2.75, 3.05) is 40.9 Å². The Morgan fingerprint density at radius 2 is 0.810 bits per heavy atom. The fourth-order valence-corrected chi connectivity index (χ4v) is 9.73. The molecular formula is C69H124N2O7P+. The first-order chi connectivity index (χ1) is 38.4. The van der Waals surface area contributed by atoms with Crippen LogP contribution in [0.3, 0.4) is 0 Å². The van der Waals surface area contributed by atoms with Gasteiger partial charge in [-0.1, -0.05) is 253 Å². The number of phosphoric ester groups is 1. The van der Waals surface area contributed by atoms with Gasteiger partial charge in [0.05, 0.1) is 33.8 Å². The van der Waals surface area contributed by atoms with Gasteiger partial charge in [-0.2, -0.15) is 0 Å². The van der Waals surface area contributed by atoms with Gasteiger partial charge in [0.25, 0.3) is 0 Å². The number of esters is 1. The van der Waals surface area contributed by atoms with Crippen LogP contribution in [0.25, 0.3) is 0 Å². The molecule has 0 heterocycles. The fourth-order valence-electron chi connectivity index (χ4n) is 9.00. The monoisotopic (exact) mass is 1120 g/mol. The molecule has 0 aromatic carbocycles. The molecule has 10 heteroatoms. The van der Waals surface area contributed by atoms with Crippen molar-refractivity contribution in [2.45, 2.75) is 290 Å². The zero-order valence-corrected chi connectivity index (χ0v) is 53.0. The van der Waals surface area contributed by atoms with Crippen molar-refractivity contribution in [1.82, 2.24) is 5.32 Å². The minimum Gasteiger partial charge on any atom is -0.456 e. The number of nitrogens with zero attached hydrogens (tertiary/aromatic N) is 1. The van der Waals surface area contributed by atoms with Gasteiger partial charge in [-0.3, -0.25) is 18.6 Å². The standard InChI is InChI=1S/C69H123N2O7P/c1-7-10-13-16-19-22-25-28-30-32-33-34-35-36-37-39-40-43-46-49-52-55-58-61-68(72)70-66(65-77-79(74,75)76-64-63-71(4,5)6)67(60-57-54-51-48-45-42-27-24-21-18-15-12-9-3)78-69(73)62-59-56-53-50-47-44-41-38-31-29-26-23-20-17-14-11-8-2/h10,13,19,22,28-31,33-34,36-37,40,43,57,60,66-67H,7-9,11-12,14-18,20-21,23-27,32,35,38-39,41-42,44-56,58-59,61-65H2,1-6H3,(H-,70,72,74,75)/p+1/b13-10-,22-19-,30-28-,31-29+,34-33-,37-36-,43-40-,60-57-. The van der Waals surface area contributed by atoms with Gasteiger partial charge in [0, 0.05) is 12.8 Å². The number of carbonyl (C=O) groups is 2. The molecule has 0 rings (SSSR count). The third-order valence-corrected chi connectivity index (χ3v) is 15.0. The number of rotatable bonds is 58. The normalized spacial score (nSPS) is 14.3. The van der Waals surface area contributed by atoms with Gasteiger partial charge in [-0.05, 0) is 109 Å². The van der Waals surface area contributed by atoms with Crippen LogP contribution < -0.4 is 5.32 Å². The number of hydrogen-bond acceptors (Lipinski definition) is 6. The summed E-state index contributed by atoms with van der Waals surface area (Å²) in [6.45, 7) is 6.88. The number of nitrogens with one attached hydrogen (secondary N) is 1. The third-order valence-electron chi connectivity index (χ3n) is 14.0. The summed E-state index contributed by atoms with van der Waals surface area (Å²) in [7, 11) is 1.47. The van der Waals surface area contributed by atoms with Crippen LogP contribution in [0.1, 0.15) is 278 Å². The highest BCUT2D eigenvalue weighted by Crippen LogP contribution is 2.43. The lowest BCUT2D eigenvalue weighted by Crippen LogP contribution is -2.47. The second kappa shape index (κ2) is 58.1. The second-order valence-electron chi connectivity index (χ2n) is 22.9. The number of hydrogen-bond donors (Lipinski definition) is 2. The third kappa shape index (κ3) is 59.4. The van der Waals surface area contributed by atoms with Crippen molar-refractivity contribution < 1.29 is 37.3 Å². The van der Waals surface area contributed by atoms with Crippen LogP contribution in [0.2, 0.25) is 0 Å². The minimum absolute atomic E-state index is 0.0301. The summed E-state index contributed by atoms with van der Waals surface area (Å²) in [6.07, 6.45) is 78.3. The van der Waals surface area contributed by atoms with Crippen molar-refractivity contribution in [1.29, 1.82) is 0 Å². The Labute approximate surface area is 488 Å². The van der Waals surface area contributed by atoms with Gasteiger partial charge < -0.3 is 19.4 Å². The van der Waals surface area contributed by atoms with Crippen LogP contribution in [-0.4, -0.2) is 74.3 Å². The molecule has 9 nitrogen and oxygen atoms in total. The largest absolute Gasteiger partial charge is 0.472 e. The summed E-state index contributed by atoms with van der Waals surface area (Å²) in [4.78, 5) is 37.8. The average molecular weight is 1120 g/mol. The van der Waals surface area contributed by atoms with Crippen molar-refractivity contribution in [3.05, 3.63) is 97.2 Å². The quantitative estimate of drug-likeness (QED) is 0.0205. The zero-order valence-electron chi connectivity index (χ0n) is 52.1. The summed E-state index contributed by atoms with van der Waals surface area (Å²) in [6, 6.07) is -0.869. The molecule has 456 valence electrons. The molecule has 0 aromatic rings. The number of phosphoric acid groups is 1. The predicted octanol–water partition coefficient (Wildman–Crippen LogP) is 20.3. The van der Waals surface area contributed by atoms with Gasteiger partial charge in [0.15, 0.2) is 0 Å². The Hall–Kier alpha value is -3.07. The Kier molecular flexibility index (Phi) is 55.9. The molecule has 0 aliphatic rings. The first-order valence-electron chi connectivity index (χ1n) is 32.6. The molecule has 2 N–H and O–H groups in total. The lowest BCUT2D eigenvalue weighted by Gasteiger charge is -2.27. The van der Waals surface area contributed by atoms with E-state index in [1.165, 1.54) is 122 Å². The molecule has 3 unspecified atom stereocenters. The molecule has 0 aromatic heterocycles. The van der Waals surface area contributed by atoms with Crippen LogP contribution in [0.5, 0.6) is 0 Å². The molecule has 0 saturated carbocycles. The Morgan fingerprint density at radius 3 is 1.23 bits per heavy atom. The summed E-state index contributed by atoms with van der Waals surface area (Å²) in [5.41, 5.74) is 0.